The summed E-state index contributed by atoms with van der Waals surface area (Å²) in [5.74, 6) is -0.432. The highest BCUT2D eigenvalue weighted by molar-refractivity contribution is 7.09. The van der Waals surface area contributed by atoms with Crippen molar-refractivity contribution < 1.29 is 9.53 Å². The number of hydrogen-bond acceptors (Lipinski definition) is 5. The van der Waals surface area contributed by atoms with E-state index in [0.717, 1.165) is 5.52 Å². The van der Waals surface area contributed by atoms with Gasteiger partial charge in [0, 0.05) is 22.4 Å². The Morgan fingerprint density at radius 1 is 1.40 bits per heavy atom. The molecule has 0 aliphatic rings. The van der Waals surface area contributed by atoms with E-state index < -0.39 is 5.97 Å². The molecule has 0 radical (unpaired) electrons. The van der Waals surface area contributed by atoms with E-state index in [-0.39, 0.29) is 5.69 Å². The third kappa shape index (κ3) is 2.50. The molecule has 2 aromatic heterocycles. The lowest BCUT2D eigenvalue weighted by molar-refractivity contribution is 0.0505. The number of nitrogens with zero attached hydrogens (tertiary/aromatic N) is 1. The standard InChI is InChI=1S/C14H13N3O2S/c15-9-3-4-12-11(8-9)13(17-16-12)14(18)19-6-5-10-2-1-7-20-10/h1-4,7-8H,5-6,15H2,(H,16,17). The van der Waals surface area contributed by atoms with Gasteiger partial charge in [-0.05, 0) is 29.6 Å². The number of fused-ring (bicyclic) bond motifs is 1. The third-order valence-electron chi connectivity index (χ3n) is 2.94. The van der Waals surface area contributed by atoms with Gasteiger partial charge in [0.15, 0.2) is 5.69 Å². The summed E-state index contributed by atoms with van der Waals surface area (Å²) in [4.78, 5) is 13.2. The van der Waals surface area contributed by atoms with Crippen LogP contribution in [0.25, 0.3) is 10.9 Å². The maximum absolute atomic E-state index is 12.0. The molecule has 0 unspecified atom stereocenters. The van der Waals surface area contributed by atoms with Gasteiger partial charge in [0.2, 0.25) is 0 Å². The van der Waals surface area contributed by atoms with Crippen molar-refractivity contribution in [2.24, 2.45) is 0 Å². The Labute approximate surface area is 119 Å². The highest BCUT2D eigenvalue weighted by atomic mass is 32.1. The Bertz CT molecular complexity index is 734. The Morgan fingerprint density at radius 2 is 2.30 bits per heavy atom. The summed E-state index contributed by atoms with van der Waals surface area (Å²) in [7, 11) is 0. The predicted octanol–water partition coefficient (Wildman–Crippen LogP) is 2.61. The van der Waals surface area contributed by atoms with Crippen LogP contribution in [0.2, 0.25) is 0 Å². The smallest absolute Gasteiger partial charge is 0.359 e. The van der Waals surface area contributed by atoms with Crippen LogP contribution in [0.5, 0.6) is 0 Å². The number of benzene rings is 1. The van der Waals surface area contributed by atoms with E-state index in [9.17, 15) is 4.79 Å². The first-order valence-corrected chi connectivity index (χ1v) is 7.05. The minimum absolute atomic E-state index is 0.276. The van der Waals surface area contributed by atoms with Crippen LogP contribution in [0.4, 0.5) is 5.69 Å². The van der Waals surface area contributed by atoms with Gasteiger partial charge in [-0.15, -0.1) is 11.3 Å². The normalized spacial score (nSPS) is 10.8. The van der Waals surface area contributed by atoms with Crippen molar-refractivity contribution in [3.05, 3.63) is 46.3 Å². The maximum atomic E-state index is 12.0. The van der Waals surface area contributed by atoms with Gasteiger partial charge in [0.1, 0.15) is 0 Å². The molecule has 20 heavy (non-hydrogen) atoms. The molecule has 6 heteroatoms. The van der Waals surface area contributed by atoms with Crippen molar-refractivity contribution in [1.82, 2.24) is 10.2 Å². The van der Waals surface area contributed by atoms with E-state index in [1.807, 2.05) is 17.5 Å². The molecule has 0 amide bonds. The lowest BCUT2D eigenvalue weighted by Gasteiger charge is -2.02. The molecule has 0 saturated carbocycles. The van der Waals surface area contributed by atoms with Gasteiger partial charge in [0.05, 0.1) is 12.1 Å². The van der Waals surface area contributed by atoms with Crippen LogP contribution < -0.4 is 5.73 Å². The summed E-state index contributed by atoms with van der Waals surface area (Å²) in [5, 5.41) is 9.48. The molecule has 2 heterocycles. The van der Waals surface area contributed by atoms with E-state index in [1.165, 1.54) is 4.88 Å². The Morgan fingerprint density at radius 3 is 3.10 bits per heavy atom. The van der Waals surface area contributed by atoms with Gasteiger partial charge in [-0.2, -0.15) is 5.10 Å². The summed E-state index contributed by atoms with van der Waals surface area (Å²) in [6, 6.07) is 9.26. The number of esters is 1. The molecule has 3 aromatic rings. The number of rotatable bonds is 4. The van der Waals surface area contributed by atoms with Crippen LogP contribution in [-0.2, 0) is 11.2 Å². The number of hydrogen-bond donors (Lipinski definition) is 2. The minimum Gasteiger partial charge on any atom is -0.461 e. The molecule has 5 nitrogen and oxygen atoms in total. The molecule has 0 bridgehead atoms. The highest BCUT2D eigenvalue weighted by Crippen LogP contribution is 2.19. The molecular formula is C14H13N3O2S. The van der Waals surface area contributed by atoms with E-state index in [2.05, 4.69) is 10.2 Å². The number of carbonyl (C=O) groups is 1. The molecule has 3 rings (SSSR count). The van der Waals surface area contributed by atoms with E-state index >= 15 is 0 Å². The van der Waals surface area contributed by atoms with Gasteiger partial charge in [-0.1, -0.05) is 6.07 Å². The van der Waals surface area contributed by atoms with Crippen molar-refractivity contribution in [3.63, 3.8) is 0 Å². The lowest BCUT2D eigenvalue weighted by atomic mass is 10.2. The fraction of sp³-hybridized carbons (Fsp3) is 0.143. The number of anilines is 1. The number of thiophene rings is 1. The average Bonchev–Trinajstić information content (AvgIpc) is 3.07. The number of aromatic amines is 1. The number of nitrogens with one attached hydrogen (secondary N) is 1. The molecule has 1 aromatic carbocycles. The number of aromatic nitrogens is 2. The summed E-state index contributed by atoms with van der Waals surface area (Å²) in [6.07, 6.45) is 0.716. The Balaban J connectivity index is 1.70. The van der Waals surface area contributed by atoms with Crippen LogP contribution in [0.3, 0.4) is 0 Å². The van der Waals surface area contributed by atoms with Crippen LogP contribution in [0.1, 0.15) is 15.4 Å². The zero-order chi connectivity index (χ0) is 13.9. The van der Waals surface area contributed by atoms with Gasteiger partial charge in [0.25, 0.3) is 0 Å². The number of ether oxygens (including phenoxy) is 1. The van der Waals surface area contributed by atoms with Gasteiger partial charge < -0.3 is 10.5 Å². The average molecular weight is 287 g/mol. The highest BCUT2D eigenvalue weighted by Gasteiger charge is 2.15. The van der Waals surface area contributed by atoms with E-state index in [4.69, 9.17) is 10.5 Å². The summed E-state index contributed by atoms with van der Waals surface area (Å²) >= 11 is 1.65. The topological polar surface area (TPSA) is 81.0 Å². The Hall–Kier alpha value is -2.34. The van der Waals surface area contributed by atoms with Crippen molar-refractivity contribution in [2.75, 3.05) is 12.3 Å². The molecule has 0 fully saturated rings. The maximum Gasteiger partial charge on any atom is 0.359 e. The second-order valence-electron chi connectivity index (χ2n) is 4.34. The van der Waals surface area contributed by atoms with E-state index in [0.29, 0.717) is 24.1 Å². The van der Waals surface area contributed by atoms with E-state index in [1.54, 1.807) is 29.5 Å². The van der Waals surface area contributed by atoms with Crippen molar-refractivity contribution in [1.29, 1.82) is 0 Å². The van der Waals surface area contributed by atoms with Crippen molar-refractivity contribution >= 4 is 33.9 Å². The number of nitrogen functional groups attached to an aromatic ring is 1. The lowest BCUT2D eigenvalue weighted by Crippen LogP contribution is -2.08. The minimum atomic E-state index is -0.432. The zero-order valence-corrected chi connectivity index (χ0v) is 11.4. The molecule has 0 saturated heterocycles. The predicted molar refractivity (Wildman–Crippen MR) is 78.8 cm³/mol. The van der Waals surface area contributed by atoms with Gasteiger partial charge in [-0.25, -0.2) is 4.79 Å². The zero-order valence-electron chi connectivity index (χ0n) is 10.6. The van der Waals surface area contributed by atoms with Gasteiger partial charge in [-0.3, -0.25) is 5.10 Å². The molecule has 0 spiro atoms. The second-order valence-corrected chi connectivity index (χ2v) is 5.37. The van der Waals surface area contributed by atoms with Crippen LogP contribution in [0.15, 0.2) is 35.7 Å². The molecule has 0 atom stereocenters. The monoisotopic (exact) mass is 287 g/mol. The second kappa shape index (κ2) is 5.34. The van der Waals surface area contributed by atoms with Crippen molar-refractivity contribution in [3.8, 4) is 0 Å². The quantitative estimate of drug-likeness (QED) is 0.571. The summed E-state index contributed by atoms with van der Waals surface area (Å²) < 4.78 is 5.25. The molecule has 0 aliphatic heterocycles. The summed E-state index contributed by atoms with van der Waals surface area (Å²) in [6.45, 7) is 0.343. The SMILES string of the molecule is Nc1ccc2[nH]nc(C(=O)OCCc3cccs3)c2c1. The number of nitrogens with two attached hydrogens (primary N) is 1. The largest absolute Gasteiger partial charge is 0.461 e. The van der Waals surface area contributed by atoms with Crippen LogP contribution >= 0.6 is 11.3 Å². The molecule has 102 valence electrons. The fourth-order valence-electron chi connectivity index (χ4n) is 1.95. The first kappa shape index (κ1) is 12.7. The number of carbonyl (C=O) groups excluding carboxylic acids is 1. The first-order chi connectivity index (χ1) is 9.74. The molecule has 0 aliphatic carbocycles. The van der Waals surface area contributed by atoms with Crippen LogP contribution in [0, 0.1) is 0 Å². The molecular weight excluding hydrogens is 274 g/mol. The fourth-order valence-corrected chi connectivity index (χ4v) is 2.64. The first-order valence-electron chi connectivity index (χ1n) is 6.17. The van der Waals surface area contributed by atoms with Gasteiger partial charge >= 0.3 is 5.97 Å². The van der Waals surface area contributed by atoms with Crippen LogP contribution in [-0.4, -0.2) is 22.8 Å². The molecule has 3 N–H and O–H groups in total. The number of H-pyrrole nitrogens is 1. The third-order valence-corrected chi connectivity index (χ3v) is 3.88. The summed E-state index contributed by atoms with van der Waals surface area (Å²) in [5.41, 5.74) is 7.36. The Kier molecular flexibility index (Phi) is 3.39. The van der Waals surface area contributed by atoms with Crippen molar-refractivity contribution in [2.45, 2.75) is 6.42 Å².